The van der Waals surface area contributed by atoms with Gasteiger partial charge >= 0.3 is 0 Å². The Balaban J connectivity index is 2.07. The Morgan fingerprint density at radius 3 is 3.11 bits per heavy atom. The molecule has 96 valence electrons. The van der Waals surface area contributed by atoms with Crippen LogP contribution in [0.2, 0.25) is 0 Å². The number of nitrogens with one attached hydrogen (secondary N) is 1. The highest BCUT2D eigenvalue weighted by Gasteiger charge is 2.07. The lowest BCUT2D eigenvalue weighted by atomic mass is 10.2. The quantitative estimate of drug-likeness (QED) is 0.819. The van der Waals surface area contributed by atoms with Crippen LogP contribution in [0.25, 0.3) is 0 Å². The van der Waals surface area contributed by atoms with E-state index in [1.807, 2.05) is 0 Å². The van der Waals surface area contributed by atoms with Gasteiger partial charge < -0.3 is 14.8 Å². The van der Waals surface area contributed by atoms with Crippen molar-refractivity contribution in [3.05, 3.63) is 48.0 Å². The lowest BCUT2D eigenvalue weighted by molar-refractivity contribution is 0.102. The molecule has 2 aromatic heterocycles. The average molecular weight is 256 g/mol. The van der Waals surface area contributed by atoms with Crippen molar-refractivity contribution in [2.75, 3.05) is 11.9 Å². The van der Waals surface area contributed by atoms with E-state index in [0.29, 0.717) is 17.8 Å². The molecule has 0 saturated carbocycles. The summed E-state index contributed by atoms with van der Waals surface area (Å²) < 4.78 is 4.84. The summed E-state index contributed by atoms with van der Waals surface area (Å²) in [5.74, 6) is 5.81. The number of hydrogen-bond acceptors (Lipinski definition) is 4. The number of anilines is 1. The second kappa shape index (κ2) is 6.38. The molecule has 2 N–H and O–H groups in total. The third-order valence-corrected chi connectivity index (χ3v) is 2.25. The van der Waals surface area contributed by atoms with E-state index in [4.69, 9.17) is 9.52 Å². The molecule has 2 heterocycles. The molecule has 1 amide bonds. The molecule has 0 radical (unpaired) electrons. The van der Waals surface area contributed by atoms with Crippen LogP contribution in [0, 0.1) is 11.8 Å². The number of carbonyl (C=O) groups excluding carboxylic acids is 1. The molecule has 0 aromatic carbocycles. The number of rotatable bonds is 3. The van der Waals surface area contributed by atoms with Crippen molar-refractivity contribution in [1.29, 1.82) is 0 Å². The van der Waals surface area contributed by atoms with Crippen LogP contribution < -0.4 is 5.32 Å². The Morgan fingerprint density at radius 2 is 2.37 bits per heavy atom. The molecule has 0 spiro atoms. The van der Waals surface area contributed by atoms with E-state index in [2.05, 4.69) is 22.1 Å². The van der Waals surface area contributed by atoms with Crippen molar-refractivity contribution in [1.82, 2.24) is 4.98 Å². The SMILES string of the molecule is O=C(Nc1cc(C#CCCO)ccn1)c1ccoc1. The molecule has 0 saturated heterocycles. The highest BCUT2D eigenvalue weighted by molar-refractivity contribution is 6.03. The Bertz CT molecular complexity index is 609. The van der Waals surface area contributed by atoms with Crippen LogP contribution in [0.1, 0.15) is 22.3 Å². The molecule has 5 heteroatoms. The van der Waals surface area contributed by atoms with Gasteiger partial charge in [0, 0.05) is 18.2 Å². The molecule has 0 atom stereocenters. The third-order valence-electron chi connectivity index (χ3n) is 2.25. The zero-order valence-corrected chi connectivity index (χ0v) is 10.1. The largest absolute Gasteiger partial charge is 0.472 e. The fourth-order valence-corrected chi connectivity index (χ4v) is 1.38. The Morgan fingerprint density at radius 1 is 1.47 bits per heavy atom. The topological polar surface area (TPSA) is 75.4 Å². The highest BCUT2D eigenvalue weighted by Crippen LogP contribution is 2.08. The van der Waals surface area contributed by atoms with Gasteiger partial charge in [0.15, 0.2) is 0 Å². The summed E-state index contributed by atoms with van der Waals surface area (Å²) in [6.45, 7) is 0.0299. The summed E-state index contributed by atoms with van der Waals surface area (Å²) in [5.41, 5.74) is 1.16. The Labute approximate surface area is 110 Å². The molecular formula is C14H12N2O3. The molecule has 0 aliphatic carbocycles. The molecule has 19 heavy (non-hydrogen) atoms. The van der Waals surface area contributed by atoms with Crippen molar-refractivity contribution in [2.45, 2.75) is 6.42 Å². The van der Waals surface area contributed by atoms with Crippen LogP contribution in [-0.2, 0) is 0 Å². The molecule has 2 rings (SSSR count). The van der Waals surface area contributed by atoms with Gasteiger partial charge in [0.25, 0.3) is 5.91 Å². The predicted molar refractivity (Wildman–Crippen MR) is 69.5 cm³/mol. The number of carbonyl (C=O) groups is 1. The van der Waals surface area contributed by atoms with E-state index >= 15 is 0 Å². The molecule has 5 nitrogen and oxygen atoms in total. The summed E-state index contributed by atoms with van der Waals surface area (Å²) in [5, 5.41) is 11.3. The summed E-state index contributed by atoms with van der Waals surface area (Å²) in [7, 11) is 0. The van der Waals surface area contributed by atoms with Crippen molar-refractivity contribution < 1.29 is 14.3 Å². The van der Waals surface area contributed by atoms with Crippen LogP contribution in [0.3, 0.4) is 0 Å². The number of aliphatic hydroxyl groups excluding tert-OH is 1. The molecule has 0 bridgehead atoms. The lowest BCUT2D eigenvalue weighted by Crippen LogP contribution is -2.11. The van der Waals surface area contributed by atoms with Crippen molar-refractivity contribution in [3.63, 3.8) is 0 Å². The van der Waals surface area contributed by atoms with Crippen LogP contribution in [0.5, 0.6) is 0 Å². The van der Waals surface area contributed by atoms with Gasteiger partial charge in [-0.3, -0.25) is 4.79 Å². The molecule has 0 fully saturated rings. The van der Waals surface area contributed by atoms with Gasteiger partial charge in [-0.2, -0.15) is 0 Å². The number of aromatic nitrogens is 1. The standard InChI is InChI=1S/C14H12N2O3/c17-7-2-1-3-11-4-6-15-13(9-11)16-14(18)12-5-8-19-10-12/h4-6,8-10,17H,2,7H2,(H,15,16,18). The number of aliphatic hydroxyl groups is 1. The van der Waals surface area contributed by atoms with E-state index in [9.17, 15) is 4.79 Å². The number of hydrogen-bond donors (Lipinski definition) is 2. The van der Waals surface area contributed by atoms with Gasteiger partial charge in [0.05, 0.1) is 18.4 Å². The first kappa shape index (κ1) is 12.9. The highest BCUT2D eigenvalue weighted by atomic mass is 16.3. The fraction of sp³-hybridized carbons (Fsp3) is 0.143. The van der Waals surface area contributed by atoms with Crippen molar-refractivity contribution >= 4 is 11.7 Å². The van der Waals surface area contributed by atoms with Crippen LogP contribution in [0.15, 0.2) is 41.3 Å². The minimum absolute atomic E-state index is 0.0299. The van der Waals surface area contributed by atoms with E-state index in [1.54, 1.807) is 24.4 Å². The summed E-state index contributed by atoms with van der Waals surface area (Å²) in [4.78, 5) is 15.8. The minimum atomic E-state index is -0.290. The average Bonchev–Trinajstić information content (AvgIpc) is 2.93. The summed E-state index contributed by atoms with van der Waals surface area (Å²) in [6.07, 6.45) is 4.77. The molecule has 2 aromatic rings. The molecule has 0 aliphatic rings. The maximum absolute atomic E-state index is 11.8. The fourth-order valence-electron chi connectivity index (χ4n) is 1.38. The zero-order valence-electron chi connectivity index (χ0n) is 10.1. The first-order valence-electron chi connectivity index (χ1n) is 5.69. The number of pyridine rings is 1. The van der Waals surface area contributed by atoms with Crippen molar-refractivity contribution in [3.8, 4) is 11.8 Å². The van der Waals surface area contributed by atoms with E-state index in [0.717, 1.165) is 5.56 Å². The second-order valence-electron chi connectivity index (χ2n) is 3.67. The normalized spacial score (nSPS) is 9.53. The van der Waals surface area contributed by atoms with E-state index < -0.39 is 0 Å². The van der Waals surface area contributed by atoms with Gasteiger partial charge in [-0.25, -0.2) is 4.98 Å². The van der Waals surface area contributed by atoms with Crippen LogP contribution >= 0.6 is 0 Å². The van der Waals surface area contributed by atoms with Crippen LogP contribution in [-0.4, -0.2) is 22.6 Å². The molecule has 0 unspecified atom stereocenters. The van der Waals surface area contributed by atoms with Gasteiger partial charge in [0.1, 0.15) is 12.1 Å². The number of amides is 1. The van der Waals surface area contributed by atoms with E-state index in [1.165, 1.54) is 12.5 Å². The number of nitrogens with zero attached hydrogens (tertiary/aromatic N) is 1. The molecule has 0 aliphatic heterocycles. The Kier molecular flexibility index (Phi) is 4.32. The summed E-state index contributed by atoms with van der Waals surface area (Å²) >= 11 is 0. The third kappa shape index (κ3) is 3.69. The van der Waals surface area contributed by atoms with Crippen molar-refractivity contribution in [2.24, 2.45) is 0 Å². The second-order valence-corrected chi connectivity index (χ2v) is 3.67. The predicted octanol–water partition coefficient (Wildman–Crippen LogP) is 1.66. The maximum atomic E-state index is 11.8. The maximum Gasteiger partial charge on any atom is 0.260 e. The van der Waals surface area contributed by atoms with Gasteiger partial charge in [0.2, 0.25) is 0 Å². The summed E-state index contributed by atoms with van der Waals surface area (Å²) in [6, 6.07) is 4.97. The van der Waals surface area contributed by atoms with Gasteiger partial charge in [-0.15, -0.1) is 0 Å². The molecular weight excluding hydrogens is 244 g/mol. The van der Waals surface area contributed by atoms with Gasteiger partial charge in [-0.1, -0.05) is 11.8 Å². The van der Waals surface area contributed by atoms with Gasteiger partial charge in [-0.05, 0) is 18.2 Å². The first-order chi connectivity index (χ1) is 9.29. The Hall–Kier alpha value is -2.58. The smallest absolute Gasteiger partial charge is 0.260 e. The lowest BCUT2D eigenvalue weighted by Gasteiger charge is -2.02. The van der Waals surface area contributed by atoms with Crippen LogP contribution in [0.4, 0.5) is 5.82 Å². The number of furan rings is 1. The first-order valence-corrected chi connectivity index (χ1v) is 5.69. The minimum Gasteiger partial charge on any atom is -0.472 e. The zero-order chi connectivity index (χ0) is 13.5. The monoisotopic (exact) mass is 256 g/mol. The van der Waals surface area contributed by atoms with E-state index in [-0.39, 0.29) is 12.5 Å².